The van der Waals surface area contributed by atoms with Crippen LogP contribution in [-0.2, 0) is 20.8 Å². The van der Waals surface area contributed by atoms with Crippen LogP contribution < -0.4 is 5.32 Å². The lowest BCUT2D eigenvalue weighted by atomic mass is 10.1. The van der Waals surface area contributed by atoms with Crippen LogP contribution in [-0.4, -0.2) is 34.2 Å². The van der Waals surface area contributed by atoms with Gasteiger partial charge in [-0.3, -0.25) is 19.3 Å². The molecule has 0 radical (unpaired) electrons. The number of carbonyl (C=O) groups excluding carboxylic acids is 3. The number of imide groups is 1. The number of anilines is 1. The van der Waals surface area contributed by atoms with E-state index in [1.165, 1.54) is 11.3 Å². The Balaban J connectivity index is 1.59. The molecule has 0 bridgehead atoms. The molecule has 1 fully saturated rings. The van der Waals surface area contributed by atoms with Crippen LogP contribution in [0.1, 0.15) is 28.8 Å². The highest BCUT2D eigenvalue weighted by Gasteiger charge is 2.30. The highest BCUT2D eigenvalue weighted by Crippen LogP contribution is 2.24. The molecule has 3 rings (SSSR count). The number of benzene rings is 1. The Kier molecular flexibility index (Phi) is 5.15. The molecule has 1 N–H and O–H groups in total. The van der Waals surface area contributed by atoms with Gasteiger partial charge in [-0.1, -0.05) is 23.7 Å². The van der Waals surface area contributed by atoms with Gasteiger partial charge in [0.25, 0.3) is 0 Å². The molecule has 1 aliphatic heterocycles. The van der Waals surface area contributed by atoms with E-state index in [4.69, 9.17) is 11.6 Å². The monoisotopic (exact) mass is 377 g/mol. The molecule has 0 spiro atoms. The normalized spacial score (nSPS) is 14.2. The van der Waals surface area contributed by atoms with Gasteiger partial charge in [0.1, 0.15) is 6.54 Å². The maximum atomic E-state index is 12.0. The van der Waals surface area contributed by atoms with E-state index in [0.717, 1.165) is 25.9 Å². The molecule has 1 aromatic heterocycles. The SMILES string of the molecule is Cc1ccc(Cc2cnc(NC(=O)CN3C(=O)CCC3=O)s2)cc1Cl. The highest BCUT2D eigenvalue weighted by atomic mass is 35.5. The number of hydrogen-bond acceptors (Lipinski definition) is 5. The summed E-state index contributed by atoms with van der Waals surface area (Å²) in [4.78, 5) is 41.2. The number of aromatic nitrogens is 1. The molecule has 8 heteroatoms. The van der Waals surface area contributed by atoms with Crippen LogP contribution in [0, 0.1) is 6.92 Å². The third kappa shape index (κ3) is 4.24. The third-order valence-electron chi connectivity index (χ3n) is 3.87. The first kappa shape index (κ1) is 17.6. The lowest BCUT2D eigenvalue weighted by Crippen LogP contribution is -2.36. The maximum absolute atomic E-state index is 12.0. The summed E-state index contributed by atoms with van der Waals surface area (Å²) >= 11 is 7.48. The Morgan fingerprint density at radius 3 is 2.72 bits per heavy atom. The first-order chi connectivity index (χ1) is 11.9. The van der Waals surface area contributed by atoms with Gasteiger partial charge in [-0.05, 0) is 24.1 Å². The molecular weight excluding hydrogens is 362 g/mol. The average molecular weight is 378 g/mol. The van der Waals surface area contributed by atoms with Gasteiger partial charge in [-0.25, -0.2) is 4.98 Å². The van der Waals surface area contributed by atoms with E-state index in [1.807, 2.05) is 25.1 Å². The van der Waals surface area contributed by atoms with Crippen molar-refractivity contribution < 1.29 is 14.4 Å². The van der Waals surface area contributed by atoms with Gasteiger partial charge in [0.15, 0.2) is 5.13 Å². The number of hydrogen-bond donors (Lipinski definition) is 1. The number of halogens is 1. The van der Waals surface area contributed by atoms with E-state index >= 15 is 0 Å². The molecule has 0 aliphatic carbocycles. The van der Waals surface area contributed by atoms with Gasteiger partial charge >= 0.3 is 0 Å². The minimum absolute atomic E-state index is 0.173. The largest absolute Gasteiger partial charge is 0.300 e. The fourth-order valence-corrected chi connectivity index (χ4v) is 3.56. The first-order valence-electron chi connectivity index (χ1n) is 7.75. The highest BCUT2D eigenvalue weighted by molar-refractivity contribution is 7.15. The number of likely N-dealkylation sites (tertiary alicyclic amines) is 1. The van der Waals surface area contributed by atoms with E-state index in [9.17, 15) is 14.4 Å². The molecule has 6 nitrogen and oxygen atoms in total. The Morgan fingerprint density at radius 2 is 2.04 bits per heavy atom. The first-order valence-corrected chi connectivity index (χ1v) is 8.94. The predicted octanol–water partition coefficient (Wildman–Crippen LogP) is 2.78. The number of nitrogens with one attached hydrogen (secondary N) is 1. The summed E-state index contributed by atoms with van der Waals surface area (Å²) in [6, 6.07) is 5.88. The van der Waals surface area contributed by atoms with Gasteiger partial charge in [-0.15, -0.1) is 11.3 Å². The maximum Gasteiger partial charge on any atom is 0.246 e. The van der Waals surface area contributed by atoms with Gasteiger partial charge in [0, 0.05) is 35.4 Å². The van der Waals surface area contributed by atoms with Crippen molar-refractivity contribution in [3.05, 3.63) is 45.4 Å². The average Bonchev–Trinajstić information content (AvgIpc) is 3.12. The quantitative estimate of drug-likeness (QED) is 0.812. The minimum atomic E-state index is -0.428. The minimum Gasteiger partial charge on any atom is -0.300 e. The topological polar surface area (TPSA) is 79.4 Å². The molecule has 1 aliphatic rings. The summed E-state index contributed by atoms with van der Waals surface area (Å²) in [6.45, 7) is 1.68. The molecule has 0 unspecified atom stereocenters. The Labute approximate surface area is 153 Å². The predicted molar refractivity (Wildman–Crippen MR) is 95.7 cm³/mol. The van der Waals surface area contributed by atoms with Gasteiger partial charge in [0.2, 0.25) is 17.7 Å². The van der Waals surface area contributed by atoms with Crippen LogP contribution in [0.25, 0.3) is 0 Å². The van der Waals surface area contributed by atoms with Crippen molar-refractivity contribution in [1.82, 2.24) is 9.88 Å². The van der Waals surface area contributed by atoms with Crippen molar-refractivity contribution >= 4 is 45.8 Å². The second kappa shape index (κ2) is 7.33. The molecule has 1 aromatic carbocycles. The van der Waals surface area contributed by atoms with Crippen molar-refractivity contribution in [2.75, 3.05) is 11.9 Å². The van der Waals surface area contributed by atoms with Crippen LogP contribution in [0.5, 0.6) is 0 Å². The zero-order chi connectivity index (χ0) is 18.0. The van der Waals surface area contributed by atoms with Crippen molar-refractivity contribution in [3.8, 4) is 0 Å². The lowest BCUT2D eigenvalue weighted by molar-refractivity contribution is -0.141. The lowest BCUT2D eigenvalue weighted by Gasteiger charge is -2.12. The van der Waals surface area contributed by atoms with Crippen LogP contribution >= 0.6 is 22.9 Å². The number of carbonyl (C=O) groups is 3. The summed E-state index contributed by atoms with van der Waals surface area (Å²) in [5.74, 6) is -1.05. The summed E-state index contributed by atoms with van der Waals surface area (Å²) in [5, 5.41) is 3.79. The van der Waals surface area contributed by atoms with Crippen LogP contribution in [0.15, 0.2) is 24.4 Å². The fourth-order valence-electron chi connectivity index (χ4n) is 2.50. The van der Waals surface area contributed by atoms with Gasteiger partial charge in [0.05, 0.1) is 0 Å². The number of thiazole rings is 1. The Hall–Kier alpha value is -2.25. The van der Waals surface area contributed by atoms with E-state index in [1.54, 1.807) is 6.20 Å². The smallest absolute Gasteiger partial charge is 0.246 e. The molecule has 0 saturated carbocycles. The molecule has 3 amide bonds. The zero-order valence-corrected chi connectivity index (χ0v) is 15.1. The molecule has 2 aromatic rings. The van der Waals surface area contributed by atoms with Crippen LogP contribution in [0.4, 0.5) is 5.13 Å². The number of amides is 3. The van der Waals surface area contributed by atoms with Crippen molar-refractivity contribution in [2.24, 2.45) is 0 Å². The van der Waals surface area contributed by atoms with Crippen LogP contribution in [0.2, 0.25) is 5.02 Å². The van der Waals surface area contributed by atoms with E-state index < -0.39 is 5.91 Å². The van der Waals surface area contributed by atoms with Gasteiger partial charge < -0.3 is 5.32 Å². The molecule has 0 atom stereocenters. The summed E-state index contributed by atoms with van der Waals surface area (Å²) < 4.78 is 0. The number of rotatable bonds is 5. The molecule has 130 valence electrons. The molecular formula is C17H16ClN3O3S. The van der Waals surface area contributed by atoms with E-state index in [0.29, 0.717) is 11.6 Å². The third-order valence-corrected chi connectivity index (χ3v) is 5.19. The fraction of sp³-hybridized carbons (Fsp3) is 0.294. The van der Waals surface area contributed by atoms with Crippen LogP contribution in [0.3, 0.4) is 0 Å². The Bertz CT molecular complexity index is 833. The standard InChI is InChI=1S/C17H16ClN3O3S/c1-10-2-3-11(7-13(10)18)6-12-8-19-17(25-12)20-14(22)9-21-15(23)4-5-16(21)24/h2-3,7-8H,4-6,9H2,1H3,(H,19,20,22). The summed E-state index contributed by atoms with van der Waals surface area (Å²) in [5.41, 5.74) is 2.08. The van der Waals surface area contributed by atoms with Crippen molar-refractivity contribution in [2.45, 2.75) is 26.2 Å². The van der Waals surface area contributed by atoms with Crippen molar-refractivity contribution in [3.63, 3.8) is 0 Å². The molecule has 25 heavy (non-hydrogen) atoms. The number of aryl methyl sites for hydroxylation is 1. The second-order valence-electron chi connectivity index (χ2n) is 5.81. The molecule has 2 heterocycles. The molecule has 1 saturated heterocycles. The van der Waals surface area contributed by atoms with Gasteiger partial charge in [-0.2, -0.15) is 0 Å². The number of nitrogens with zero attached hydrogens (tertiary/aromatic N) is 2. The van der Waals surface area contributed by atoms with E-state index in [-0.39, 0.29) is 31.2 Å². The zero-order valence-electron chi connectivity index (χ0n) is 13.5. The van der Waals surface area contributed by atoms with E-state index in [2.05, 4.69) is 10.3 Å². The van der Waals surface area contributed by atoms with Crippen molar-refractivity contribution in [1.29, 1.82) is 0 Å². The second-order valence-corrected chi connectivity index (χ2v) is 7.34. The summed E-state index contributed by atoms with van der Waals surface area (Å²) in [6.07, 6.45) is 2.70. The Morgan fingerprint density at radius 1 is 1.32 bits per heavy atom. The summed E-state index contributed by atoms with van der Waals surface area (Å²) in [7, 11) is 0.